The number of anilines is 1. The van der Waals surface area contributed by atoms with Crippen LogP contribution >= 0.6 is 0 Å². The van der Waals surface area contributed by atoms with E-state index in [2.05, 4.69) is 4.98 Å². The highest BCUT2D eigenvalue weighted by Gasteiger charge is 2.40. The number of carbonyl (C=O) groups excluding carboxylic acids is 1. The average molecular weight is 519 g/mol. The normalized spacial score (nSPS) is 16.8. The third-order valence-corrected chi connectivity index (χ3v) is 6.36. The molecule has 1 amide bonds. The third-order valence-electron chi connectivity index (χ3n) is 6.36. The largest absolute Gasteiger partial charge is 0.433 e. The zero-order chi connectivity index (χ0) is 27.2. The van der Waals surface area contributed by atoms with Gasteiger partial charge in [0.15, 0.2) is 0 Å². The maximum atomic E-state index is 13.6. The number of amides is 1. The van der Waals surface area contributed by atoms with E-state index in [-0.39, 0.29) is 23.3 Å². The summed E-state index contributed by atoms with van der Waals surface area (Å²) in [6.45, 7) is 5.23. The number of nitrogens with zero attached hydrogens (tertiary/aromatic N) is 2. The molecule has 1 unspecified atom stereocenters. The monoisotopic (exact) mass is 518 g/mol. The Labute approximate surface area is 210 Å². The minimum Gasteiger partial charge on any atom is -0.298 e. The number of hydrogen-bond donors (Lipinski definition) is 0. The first kappa shape index (κ1) is 26.4. The van der Waals surface area contributed by atoms with E-state index in [0.717, 1.165) is 23.8 Å². The second kappa shape index (κ2) is 9.36. The smallest absolute Gasteiger partial charge is 0.298 e. The lowest BCUT2D eigenvalue weighted by Crippen LogP contribution is -2.31. The molecule has 0 saturated heterocycles. The van der Waals surface area contributed by atoms with E-state index in [1.165, 1.54) is 29.2 Å². The number of benzene rings is 2. The molecule has 3 aromatic rings. The first-order valence-electron chi connectivity index (χ1n) is 11.5. The van der Waals surface area contributed by atoms with Crippen LogP contribution in [0, 0.1) is 6.92 Å². The summed E-state index contributed by atoms with van der Waals surface area (Å²) >= 11 is 0. The maximum Gasteiger partial charge on any atom is 0.433 e. The topological polar surface area (TPSA) is 33.2 Å². The van der Waals surface area contributed by atoms with Crippen molar-refractivity contribution in [2.24, 2.45) is 0 Å². The van der Waals surface area contributed by atoms with Crippen LogP contribution in [0.25, 0.3) is 0 Å². The molecule has 1 atom stereocenters. The van der Waals surface area contributed by atoms with Gasteiger partial charge in [0.1, 0.15) is 5.69 Å². The fourth-order valence-corrected chi connectivity index (χ4v) is 4.42. The molecular formula is C28H24F6N2O. The lowest BCUT2D eigenvalue weighted by Gasteiger charge is -2.27. The summed E-state index contributed by atoms with van der Waals surface area (Å²) in [7, 11) is 0. The van der Waals surface area contributed by atoms with Gasteiger partial charge in [0.25, 0.3) is 5.91 Å². The van der Waals surface area contributed by atoms with Crippen molar-refractivity contribution < 1.29 is 31.1 Å². The molecule has 1 aliphatic rings. The van der Waals surface area contributed by atoms with Crippen molar-refractivity contribution in [2.45, 2.75) is 51.0 Å². The fraction of sp³-hybridized carbons (Fsp3) is 0.286. The highest BCUT2D eigenvalue weighted by atomic mass is 19.4. The molecule has 0 aliphatic carbocycles. The molecule has 4 rings (SSSR count). The highest BCUT2D eigenvalue weighted by Crippen LogP contribution is 2.42. The predicted octanol–water partition coefficient (Wildman–Crippen LogP) is 7.81. The first-order chi connectivity index (χ1) is 17.2. The van der Waals surface area contributed by atoms with Crippen LogP contribution < -0.4 is 4.90 Å². The molecule has 37 heavy (non-hydrogen) atoms. The molecule has 3 nitrogen and oxygen atoms in total. The molecule has 194 valence electrons. The molecule has 0 bridgehead atoms. The van der Waals surface area contributed by atoms with Crippen LogP contribution in [0.2, 0.25) is 0 Å². The standard InChI is InChI=1S/C28H24F6N2O/c1-17-10-12-21(13-11-17)36-22(18-6-4-7-20(14-18)27(29,30)31)15-19(25(36)37)16-26(2,3)23-8-5-9-24(35-23)28(32,33)34/h4-15,22H,16H2,1-3H3. The quantitative estimate of drug-likeness (QED) is 0.323. The number of hydrogen-bond acceptors (Lipinski definition) is 2. The molecule has 0 radical (unpaired) electrons. The highest BCUT2D eigenvalue weighted by molar-refractivity contribution is 6.09. The Bertz CT molecular complexity index is 1340. The number of alkyl halides is 6. The summed E-state index contributed by atoms with van der Waals surface area (Å²) in [6, 6.07) is 14.6. The molecule has 0 N–H and O–H groups in total. The number of rotatable bonds is 5. The lowest BCUT2D eigenvalue weighted by atomic mass is 9.81. The van der Waals surface area contributed by atoms with Crippen LogP contribution in [0.3, 0.4) is 0 Å². The number of pyridine rings is 1. The van der Waals surface area contributed by atoms with E-state index < -0.39 is 41.0 Å². The zero-order valence-electron chi connectivity index (χ0n) is 20.3. The number of aryl methyl sites for hydroxylation is 1. The van der Waals surface area contributed by atoms with E-state index in [0.29, 0.717) is 5.69 Å². The molecule has 0 fully saturated rings. The molecule has 0 spiro atoms. The SMILES string of the molecule is Cc1ccc(N2C(=O)C(CC(C)(C)c3cccc(C(F)(F)F)n3)=CC2c2cccc(C(F)(F)F)c2)cc1. The summed E-state index contributed by atoms with van der Waals surface area (Å²) in [5.41, 5.74) is -0.689. The average Bonchev–Trinajstić information content (AvgIpc) is 3.14. The second-order valence-corrected chi connectivity index (χ2v) is 9.74. The van der Waals surface area contributed by atoms with Crippen molar-refractivity contribution in [1.29, 1.82) is 0 Å². The maximum absolute atomic E-state index is 13.6. The van der Waals surface area contributed by atoms with Crippen molar-refractivity contribution in [2.75, 3.05) is 4.90 Å². The van der Waals surface area contributed by atoms with Gasteiger partial charge >= 0.3 is 12.4 Å². The van der Waals surface area contributed by atoms with Gasteiger partial charge in [0, 0.05) is 22.4 Å². The molecular weight excluding hydrogens is 494 g/mol. The minimum absolute atomic E-state index is 0.0396. The van der Waals surface area contributed by atoms with E-state index in [9.17, 15) is 31.1 Å². The summed E-state index contributed by atoms with van der Waals surface area (Å²) < 4.78 is 79.9. The van der Waals surface area contributed by atoms with Crippen LogP contribution in [0.1, 0.15) is 54.4 Å². The summed E-state index contributed by atoms with van der Waals surface area (Å²) in [4.78, 5) is 18.8. The summed E-state index contributed by atoms with van der Waals surface area (Å²) in [5.74, 6) is -0.425. The van der Waals surface area contributed by atoms with Crippen molar-refractivity contribution in [3.05, 3.63) is 106 Å². The molecule has 0 saturated carbocycles. The number of carbonyl (C=O) groups is 1. The molecule has 9 heteroatoms. The molecule has 2 aromatic carbocycles. The van der Waals surface area contributed by atoms with Gasteiger partial charge in [-0.15, -0.1) is 0 Å². The van der Waals surface area contributed by atoms with E-state index >= 15 is 0 Å². The minimum atomic E-state index is -4.62. The van der Waals surface area contributed by atoms with E-state index in [1.807, 2.05) is 6.92 Å². The van der Waals surface area contributed by atoms with Gasteiger partial charge in [-0.25, -0.2) is 4.98 Å². The van der Waals surface area contributed by atoms with Gasteiger partial charge < -0.3 is 0 Å². The zero-order valence-corrected chi connectivity index (χ0v) is 20.3. The van der Waals surface area contributed by atoms with E-state index in [1.54, 1.807) is 44.2 Å². The number of halogens is 6. The van der Waals surface area contributed by atoms with Crippen molar-refractivity contribution in [3.8, 4) is 0 Å². The number of aromatic nitrogens is 1. The van der Waals surface area contributed by atoms with Crippen molar-refractivity contribution in [3.63, 3.8) is 0 Å². The van der Waals surface area contributed by atoms with Gasteiger partial charge in [0.05, 0.1) is 11.6 Å². The van der Waals surface area contributed by atoms with Gasteiger partial charge in [-0.2, -0.15) is 26.3 Å². The van der Waals surface area contributed by atoms with Gasteiger partial charge in [-0.1, -0.05) is 49.7 Å². The van der Waals surface area contributed by atoms with Crippen molar-refractivity contribution in [1.82, 2.24) is 4.98 Å². The second-order valence-electron chi connectivity index (χ2n) is 9.74. The van der Waals surface area contributed by atoms with Gasteiger partial charge in [0.2, 0.25) is 0 Å². The lowest BCUT2D eigenvalue weighted by molar-refractivity contribution is -0.141. The predicted molar refractivity (Wildman–Crippen MR) is 128 cm³/mol. The van der Waals surface area contributed by atoms with Crippen LogP contribution in [0.4, 0.5) is 32.0 Å². The van der Waals surface area contributed by atoms with Gasteiger partial charge in [-0.3, -0.25) is 9.69 Å². The summed E-state index contributed by atoms with van der Waals surface area (Å²) in [5, 5.41) is 0. The van der Waals surface area contributed by atoms with Crippen LogP contribution in [0.5, 0.6) is 0 Å². The summed E-state index contributed by atoms with van der Waals surface area (Å²) in [6.07, 6.45) is -7.55. The Kier molecular flexibility index (Phi) is 6.69. The fourth-order valence-electron chi connectivity index (χ4n) is 4.42. The Hall–Kier alpha value is -3.62. The Balaban J connectivity index is 1.75. The Morgan fingerprint density at radius 3 is 2.08 bits per heavy atom. The van der Waals surface area contributed by atoms with Crippen molar-refractivity contribution >= 4 is 11.6 Å². The van der Waals surface area contributed by atoms with Crippen LogP contribution in [-0.4, -0.2) is 10.9 Å². The molecule has 2 heterocycles. The molecule has 1 aromatic heterocycles. The van der Waals surface area contributed by atoms with Crippen LogP contribution in [0.15, 0.2) is 78.4 Å². The Morgan fingerprint density at radius 2 is 1.46 bits per heavy atom. The van der Waals surface area contributed by atoms with Gasteiger partial charge in [-0.05, 0) is 61.4 Å². The molecule has 1 aliphatic heterocycles. The first-order valence-corrected chi connectivity index (χ1v) is 11.5. The third kappa shape index (κ3) is 5.55. The Morgan fingerprint density at radius 1 is 0.838 bits per heavy atom. The van der Waals surface area contributed by atoms with Crippen LogP contribution in [-0.2, 0) is 22.6 Å². The van der Waals surface area contributed by atoms with E-state index in [4.69, 9.17) is 0 Å².